The Bertz CT molecular complexity index is 747. The third kappa shape index (κ3) is 2.71. The first-order chi connectivity index (χ1) is 10.0. The van der Waals surface area contributed by atoms with Crippen molar-refractivity contribution < 1.29 is 9.13 Å². The van der Waals surface area contributed by atoms with Crippen LogP contribution in [0.25, 0.3) is 0 Å². The van der Waals surface area contributed by atoms with Crippen LogP contribution in [0.4, 0.5) is 10.2 Å². The molecule has 0 aliphatic carbocycles. The Morgan fingerprint density at radius 3 is 2.95 bits per heavy atom. The molecule has 0 unspecified atom stereocenters. The van der Waals surface area contributed by atoms with E-state index in [0.717, 1.165) is 12.4 Å². The molecule has 0 amide bonds. The first-order valence-electron chi connectivity index (χ1n) is 6.44. The van der Waals surface area contributed by atoms with Crippen molar-refractivity contribution in [1.82, 2.24) is 9.55 Å². The van der Waals surface area contributed by atoms with Crippen LogP contribution in [0.1, 0.15) is 5.56 Å². The predicted molar refractivity (Wildman–Crippen MR) is 77.5 cm³/mol. The van der Waals surface area contributed by atoms with Gasteiger partial charge in [-0.3, -0.25) is 4.57 Å². The van der Waals surface area contributed by atoms with E-state index in [0.29, 0.717) is 12.1 Å². The maximum Gasteiger partial charge on any atom is 0.352 e. The minimum atomic E-state index is -0.476. The molecule has 1 aliphatic heterocycles. The number of aromatic nitrogens is 2. The zero-order valence-corrected chi connectivity index (χ0v) is 12.1. The van der Waals surface area contributed by atoms with Crippen molar-refractivity contribution in [2.45, 2.75) is 13.2 Å². The van der Waals surface area contributed by atoms with E-state index >= 15 is 0 Å². The van der Waals surface area contributed by atoms with Crippen molar-refractivity contribution in [3.8, 4) is 5.88 Å². The van der Waals surface area contributed by atoms with Crippen LogP contribution < -0.4 is 15.3 Å². The summed E-state index contributed by atoms with van der Waals surface area (Å²) < 4.78 is 20.2. The van der Waals surface area contributed by atoms with E-state index in [1.54, 1.807) is 16.7 Å². The second-order valence-electron chi connectivity index (χ2n) is 4.85. The minimum absolute atomic E-state index is 0.0396. The van der Waals surface area contributed by atoms with Gasteiger partial charge in [0.05, 0.1) is 5.02 Å². The van der Waals surface area contributed by atoms with Crippen LogP contribution in [-0.4, -0.2) is 23.1 Å². The van der Waals surface area contributed by atoms with Crippen molar-refractivity contribution in [1.29, 1.82) is 0 Å². The van der Waals surface area contributed by atoms with Crippen LogP contribution in [0.3, 0.4) is 0 Å². The standard InChI is InChI=1S/C14H13ClFN3O2/c1-18-4-5-19-13(18)7-12(17-14(19)20)21-8-9-2-3-11(16)10(15)6-9/h2-3,6-7H,4-5,8H2,1H3. The highest BCUT2D eigenvalue weighted by atomic mass is 35.5. The molecule has 0 bridgehead atoms. The van der Waals surface area contributed by atoms with Gasteiger partial charge in [0.1, 0.15) is 18.2 Å². The lowest BCUT2D eigenvalue weighted by atomic mass is 10.2. The molecule has 21 heavy (non-hydrogen) atoms. The first-order valence-corrected chi connectivity index (χ1v) is 6.82. The lowest BCUT2D eigenvalue weighted by Crippen LogP contribution is -2.22. The van der Waals surface area contributed by atoms with E-state index in [1.165, 1.54) is 12.1 Å². The Kier molecular flexibility index (Phi) is 3.55. The molecular weight excluding hydrogens is 297 g/mol. The molecule has 0 fully saturated rings. The summed E-state index contributed by atoms with van der Waals surface area (Å²) in [5.41, 5.74) is 0.376. The fourth-order valence-electron chi connectivity index (χ4n) is 2.22. The summed E-state index contributed by atoms with van der Waals surface area (Å²) in [6, 6.07) is 6.07. The third-order valence-electron chi connectivity index (χ3n) is 3.39. The number of nitrogens with zero attached hydrogens (tertiary/aromatic N) is 3. The highest BCUT2D eigenvalue weighted by Gasteiger charge is 2.18. The Hall–Kier alpha value is -2.08. The first kappa shape index (κ1) is 13.9. The number of likely N-dealkylation sites (N-methyl/N-ethyl adjacent to an activating group) is 1. The van der Waals surface area contributed by atoms with Crippen molar-refractivity contribution in [3.63, 3.8) is 0 Å². The van der Waals surface area contributed by atoms with Crippen molar-refractivity contribution in [2.24, 2.45) is 0 Å². The quantitative estimate of drug-likeness (QED) is 0.871. The highest BCUT2D eigenvalue weighted by molar-refractivity contribution is 6.30. The minimum Gasteiger partial charge on any atom is -0.473 e. The predicted octanol–water partition coefficient (Wildman–Crippen LogP) is 2.06. The van der Waals surface area contributed by atoms with Gasteiger partial charge in [0.15, 0.2) is 0 Å². The summed E-state index contributed by atoms with van der Waals surface area (Å²) >= 11 is 5.71. The zero-order valence-electron chi connectivity index (χ0n) is 11.3. The number of ether oxygens (including phenoxy) is 1. The molecule has 7 heteroatoms. The van der Waals surface area contributed by atoms with Crippen LogP contribution in [-0.2, 0) is 13.2 Å². The molecule has 1 aromatic heterocycles. The summed E-state index contributed by atoms with van der Waals surface area (Å²) in [5, 5.41) is 0.0396. The average Bonchev–Trinajstić information content (AvgIpc) is 2.83. The number of hydrogen-bond acceptors (Lipinski definition) is 4. The maximum atomic E-state index is 13.1. The lowest BCUT2D eigenvalue weighted by molar-refractivity contribution is 0.291. The number of fused-ring (bicyclic) bond motifs is 1. The summed E-state index contributed by atoms with van der Waals surface area (Å²) in [6.45, 7) is 1.57. The van der Waals surface area contributed by atoms with Crippen molar-refractivity contribution >= 4 is 17.4 Å². The second kappa shape index (κ2) is 5.37. The number of rotatable bonds is 3. The van der Waals surface area contributed by atoms with Crippen LogP contribution in [0, 0.1) is 5.82 Å². The second-order valence-corrected chi connectivity index (χ2v) is 5.25. The molecule has 110 valence electrons. The van der Waals surface area contributed by atoms with Gasteiger partial charge < -0.3 is 9.64 Å². The zero-order chi connectivity index (χ0) is 15.0. The Labute approximate surface area is 125 Å². The molecule has 0 saturated heterocycles. The molecule has 1 aromatic carbocycles. The number of benzene rings is 1. The molecule has 0 N–H and O–H groups in total. The maximum absolute atomic E-state index is 13.1. The molecular formula is C14H13ClFN3O2. The molecule has 0 saturated carbocycles. The Morgan fingerprint density at radius 2 is 2.19 bits per heavy atom. The fourth-order valence-corrected chi connectivity index (χ4v) is 2.43. The Morgan fingerprint density at radius 1 is 1.38 bits per heavy atom. The van der Waals surface area contributed by atoms with Gasteiger partial charge in [-0.15, -0.1) is 0 Å². The highest BCUT2D eigenvalue weighted by Crippen LogP contribution is 2.22. The number of halogens is 2. The smallest absolute Gasteiger partial charge is 0.352 e. The van der Waals surface area contributed by atoms with Crippen molar-refractivity contribution in [2.75, 3.05) is 18.5 Å². The molecule has 5 nitrogen and oxygen atoms in total. The summed E-state index contributed by atoms with van der Waals surface area (Å²) in [4.78, 5) is 17.7. The third-order valence-corrected chi connectivity index (χ3v) is 3.68. The number of anilines is 1. The fraction of sp³-hybridized carbons (Fsp3) is 0.286. The van der Waals surface area contributed by atoms with Gasteiger partial charge in [0, 0.05) is 26.2 Å². The van der Waals surface area contributed by atoms with Crippen LogP contribution in [0.15, 0.2) is 29.1 Å². The van der Waals surface area contributed by atoms with E-state index < -0.39 is 5.82 Å². The topological polar surface area (TPSA) is 47.4 Å². The van der Waals surface area contributed by atoms with E-state index in [4.69, 9.17) is 16.3 Å². The van der Waals surface area contributed by atoms with Gasteiger partial charge in [-0.05, 0) is 17.7 Å². The molecule has 0 radical (unpaired) electrons. The molecule has 3 rings (SSSR count). The van der Waals surface area contributed by atoms with E-state index in [-0.39, 0.29) is 23.2 Å². The SMILES string of the molecule is CN1CCn2c1cc(OCc1ccc(F)c(Cl)c1)nc2=O. The van der Waals surface area contributed by atoms with E-state index in [9.17, 15) is 9.18 Å². The molecule has 0 spiro atoms. The van der Waals surface area contributed by atoms with Gasteiger partial charge in [0.25, 0.3) is 0 Å². The van der Waals surface area contributed by atoms with Gasteiger partial charge in [-0.25, -0.2) is 9.18 Å². The van der Waals surface area contributed by atoms with E-state index in [1.807, 2.05) is 11.9 Å². The van der Waals surface area contributed by atoms with Crippen LogP contribution >= 0.6 is 11.6 Å². The van der Waals surface area contributed by atoms with Crippen LogP contribution in [0.2, 0.25) is 5.02 Å². The van der Waals surface area contributed by atoms with E-state index in [2.05, 4.69) is 4.98 Å². The summed E-state index contributed by atoms with van der Waals surface area (Å²) in [7, 11) is 1.90. The lowest BCUT2D eigenvalue weighted by Gasteiger charge is -2.12. The average molecular weight is 310 g/mol. The molecule has 2 heterocycles. The normalized spacial score (nSPS) is 13.4. The van der Waals surface area contributed by atoms with Gasteiger partial charge in [-0.1, -0.05) is 17.7 Å². The number of hydrogen-bond donors (Lipinski definition) is 0. The van der Waals surface area contributed by atoms with Gasteiger partial charge >= 0.3 is 5.69 Å². The van der Waals surface area contributed by atoms with Crippen molar-refractivity contribution in [3.05, 3.63) is 51.2 Å². The summed E-state index contributed by atoms with van der Waals surface area (Å²) in [6.07, 6.45) is 0. The van der Waals surface area contributed by atoms with Crippen LogP contribution in [0.5, 0.6) is 5.88 Å². The molecule has 1 aliphatic rings. The molecule has 0 atom stereocenters. The summed E-state index contributed by atoms with van der Waals surface area (Å²) in [5.74, 6) is 0.554. The Balaban J connectivity index is 1.79. The van der Waals surface area contributed by atoms with Gasteiger partial charge in [-0.2, -0.15) is 4.98 Å². The molecule has 2 aromatic rings. The largest absolute Gasteiger partial charge is 0.473 e. The monoisotopic (exact) mass is 309 g/mol. The van der Waals surface area contributed by atoms with Gasteiger partial charge in [0.2, 0.25) is 5.88 Å².